The molecule has 0 bridgehead atoms. The summed E-state index contributed by atoms with van der Waals surface area (Å²) in [6.07, 6.45) is 4.78. The number of anilines is 1. The lowest BCUT2D eigenvalue weighted by Gasteiger charge is -2.29. The van der Waals surface area contributed by atoms with Crippen molar-refractivity contribution < 1.29 is 19.0 Å². The highest BCUT2D eigenvalue weighted by atomic mass is 19.1. The van der Waals surface area contributed by atoms with Gasteiger partial charge in [0.15, 0.2) is 0 Å². The summed E-state index contributed by atoms with van der Waals surface area (Å²) in [5, 5.41) is 12.3. The molecule has 1 aliphatic rings. The Bertz CT molecular complexity index is 800. The van der Waals surface area contributed by atoms with Crippen LogP contribution in [-0.4, -0.2) is 24.7 Å². The highest BCUT2D eigenvalue weighted by Gasteiger charge is 2.24. The van der Waals surface area contributed by atoms with Gasteiger partial charge in [-0.25, -0.2) is 4.39 Å². The Morgan fingerprint density at radius 1 is 1.18 bits per heavy atom. The van der Waals surface area contributed by atoms with Gasteiger partial charge in [-0.1, -0.05) is 12.1 Å². The number of hydrogen-bond donors (Lipinski definition) is 2. The zero-order valence-corrected chi connectivity index (χ0v) is 16.3. The fraction of sp³-hybridized carbons (Fsp3) is 0.435. The van der Waals surface area contributed by atoms with E-state index >= 15 is 0 Å². The lowest BCUT2D eigenvalue weighted by molar-refractivity contribution is -0.136. The quantitative estimate of drug-likeness (QED) is 0.653. The van der Waals surface area contributed by atoms with Gasteiger partial charge in [0.25, 0.3) is 0 Å². The van der Waals surface area contributed by atoms with Crippen molar-refractivity contribution in [1.82, 2.24) is 0 Å². The van der Waals surface area contributed by atoms with Gasteiger partial charge in [-0.05, 0) is 85.4 Å². The van der Waals surface area contributed by atoms with Gasteiger partial charge in [-0.3, -0.25) is 4.79 Å². The Morgan fingerprint density at radius 3 is 2.68 bits per heavy atom. The molecule has 2 N–H and O–H groups in total. The maximum absolute atomic E-state index is 14.2. The van der Waals surface area contributed by atoms with Gasteiger partial charge in [0.05, 0.1) is 7.11 Å². The first-order chi connectivity index (χ1) is 13.5. The third-order valence-electron chi connectivity index (χ3n) is 5.64. The summed E-state index contributed by atoms with van der Waals surface area (Å²) >= 11 is 0. The van der Waals surface area contributed by atoms with Crippen molar-refractivity contribution in [2.24, 2.45) is 5.92 Å². The van der Waals surface area contributed by atoms with E-state index in [4.69, 9.17) is 9.84 Å². The summed E-state index contributed by atoms with van der Waals surface area (Å²) in [6.45, 7) is 0.885. The van der Waals surface area contributed by atoms with Crippen LogP contribution in [0.1, 0.15) is 49.1 Å². The van der Waals surface area contributed by atoms with Crippen LogP contribution in [0.3, 0.4) is 0 Å². The molecule has 4 nitrogen and oxygen atoms in total. The highest BCUT2D eigenvalue weighted by Crippen LogP contribution is 2.38. The molecule has 0 atom stereocenters. The summed E-state index contributed by atoms with van der Waals surface area (Å²) in [5.74, 6) is 0.615. The SMILES string of the molecule is COc1ccc(F)c(C2CCC(CNc3cccc(CCC(=O)O)c3)CC2)c1. The first-order valence-corrected chi connectivity index (χ1v) is 9.93. The van der Waals surface area contributed by atoms with Crippen molar-refractivity contribution in [1.29, 1.82) is 0 Å². The molecule has 0 radical (unpaired) electrons. The molecular weight excluding hydrogens is 357 g/mol. The Hall–Kier alpha value is -2.56. The van der Waals surface area contributed by atoms with Gasteiger partial charge >= 0.3 is 5.97 Å². The Kier molecular flexibility index (Phi) is 6.90. The fourth-order valence-corrected chi connectivity index (χ4v) is 3.99. The summed E-state index contributed by atoms with van der Waals surface area (Å²) < 4.78 is 19.4. The minimum atomic E-state index is -0.775. The van der Waals surface area contributed by atoms with Crippen LogP contribution >= 0.6 is 0 Å². The van der Waals surface area contributed by atoms with Gasteiger partial charge < -0.3 is 15.2 Å². The molecule has 0 amide bonds. The minimum Gasteiger partial charge on any atom is -0.497 e. The molecule has 150 valence electrons. The number of aryl methyl sites for hydroxylation is 1. The number of methoxy groups -OCH3 is 1. The van der Waals surface area contributed by atoms with Crippen molar-refractivity contribution in [3.05, 3.63) is 59.4 Å². The number of halogens is 1. The van der Waals surface area contributed by atoms with Crippen molar-refractivity contribution in [3.8, 4) is 5.75 Å². The molecule has 0 heterocycles. The molecule has 3 rings (SSSR count). The molecule has 0 spiro atoms. The van der Waals surface area contributed by atoms with E-state index in [0.717, 1.165) is 49.0 Å². The monoisotopic (exact) mass is 385 g/mol. The summed E-state index contributed by atoms with van der Waals surface area (Å²) in [6, 6.07) is 13.0. The van der Waals surface area contributed by atoms with Crippen molar-refractivity contribution >= 4 is 11.7 Å². The van der Waals surface area contributed by atoms with E-state index in [1.807, 2.05) is 30.3 Å². The van der Waals surface area contributed by atoms with Crippen molar-refractivity contribution in [3.63, 3.8) is 0 Å². The van der Waals surface area contributed by atoms with E-state index in [9.17, 15) is 9.18 Å². The predicted octanol–water partition coefficient (Wildman–Crippen LogP) is 5.24. The normalized spacial score (nSPS) is 19.2. The number of carboxylic acid groups (broad SMARTS) is 1. The molecule has 28 heavy (non-hydrogen) atoms. The standard InChI is InChI=1S/C23H28FNO3/c1-28-20-10-11-22(24)21(14-20)18-8-5-17(6-9-18)15-25-19-4-2-3-16(13-19)7-12-23(26)27/h2-4,10-11,13-14,17-18,25H,5-9,12,15H2,1H3,(H,26,27). The van der Waals surface area contributed by atoms with Gasteiger partial charge in [0, 0.05) is 18.7 Å². The molecule has 1 saturated carbocycles. The summed E-state index contributed by atoms with van der Waals surface area (Å²) in [7, 11) is 1.61. The first kappa shape index (κ1) is 20.2. The van der Waals surface area contributed by atoms with E-state index in [-0.39, 0.29) is 18.2 Å². The number of ether oxygens (including phenoxy) is 1. The molecule has 1 aliphatic carbocycles. The summed E-state index contributed by atoms with van der Waals surface area (Å²) in [4.78, 5) is 10.7. The molecule has 2 aromatic rings. The molecule has 0 saturated heterocycles. The molecule has 1 fully saturated rings. The molecule has 5 heteroatoms. The van der Waals surface area contributed by atoms with Crippen LogP contribution in [0.15, 0.2) is 42.5 Å². The number of nitrogens with one attached hydrogen (secondary N) is 1. The van der Waals surface area contributed by atoms with E-state index in [2.05, 4.69) is 5.32 Å². The average Bonchev–Trinajstić information content (AvgIpc) is 2.72. The van der Waals surface area contributed by atoms with Crippen LogP contribution < -0.4 is 10.1 Å². The fourth-order valence-electron chi connectivity index (χ4n) is 3.99. The second-order valence-corrected chi connectivity index (χ2v) is 7.58. The maximum atomic E-state index is 14.2. The van der Waals surface area contributed by atoms with Crippen molar-refractivity contribution in [2.45, 2.75) is 44.4 Å². The molecule has 2 aromatic carbocycles. The van der Waals surface area contributed by atoms with Gasteiger partial charge in [0.2, 0.25) is 0 Å². The first-order valence-electron chi connectivity index (χ1n) is 9.93. The van der Waals surface area contributed by atoms with Gasteiger partial charge in [-0.15, -0.1) is 0 Å². The average molecular weight is 385 g/mol. The van der Waals surface area contributed by atoms with Crippen LogP contribution in [-0.2, 0) is 11.2 Å². The Balaban J connectivity index is 1.50. The van der Waals surface area contributed by atoms with Gasteiger partial charge in [0.1, 0.15) is 11.6 Å². The number of hydrogen-bond acceptors (Lipinski definition) is 3. The number of carbonyl (C=O) groups is 1. The Morgan fingerprint density at radius 2 is 1.96 bits per heavy atom. The number of carboxylic acids is 1. The number of benzene rings is 2. The molecular formula is C23H28FNO3. The molecule has 0 unspecified atom stereocenters. The minimum absolute atomic E-state index is 0.138. The number of aliphatic carboxylic acids is 1. The third-order valence-corrected chi connectivity index (χ3v) is 5.64. The smallest absolute Gasteiger partial charge is 0.303 e. The van der Waals surface area contributed by atoms with E-state index < -0.39 is 5.97 Å². The summed E-state index contributed by atoms with van der Waals surface area (Å²) in [5.41, 5.74) is 2.84. The lowest BCUT2D eigenvalue weighted by atomic mass is 9.78. The van der Waals surface area contributed by atoms with Crippen LogP contribution in [0.5, 0.6) is 5.75 Å². The zero-order valence-electron chi connectivity index (χ0n) is 16.3. The lowest BCUT2D eigenvalue weighted by Crippen LogP contribution is -2.21. The van der Waals surface area contributed by atoms with E-state index in [0.29, 0.717) is 18.1 Å². The third kappa shape index (κ3) is 5.47. The van der Waals surface area contributed by atoms with Crippen LogP contribution in [0.2, 0.25) is 0 Å². The van der Waals surface area contributed by atoms with Crippen LogP contribution in [0.4, 0.5) is 10.1 Å². The second kappa shape index (κ2) is 9.58. The topological polar surface area (TPSA) is 58.6 Å². The predicted molar refractivity (Wildman–Crippen MR) is 109 cm³/mol. The molecule has 0 aromatic heterocycles. The van der Waals surface area contributed by atoms with Crippen LogP contribution in [0.25, 0.3) is 0 Å². The largest absolute Gasteiger partial charge is 0.497 e. The maximum Gasteiger partial charge on any atom is 0.303 e. The molecule has 0 aliphatic heterocycles. The van der Waals surface area contributed by atoms with Crippen LogP contribution in [0, 0.1) is 11.7 Å². The van der Waals surface area contributed by atoms with Crippen molar-refractivity contribution in [2.75, 3.05) is 19.0 Å². The van der Waals surface area contributed by atoms with E-state index in [1.54, 1.807) is 13.2 Å². The zero-order chi connectivity index (χ0) is 19.9. The van der Waals surface area contributed by atoms with E-state index in [1.165, 1.54) is 6.07 Å². The van der Waals surface area contributed by atoms with Gasteiger partial charge in [-0.2, -0.15) is 0 Å². The highest BCUT2D eigenvalue weighted by molar-refractivity contribution is 5.67. The Labute approximate surface area is 165 Å². The second-order valence-electron chi connectivity index (χ2n) is 7.58. The number of rotatable bonds is 8.